The Hall–Kier alpha value is -0.471. The molecule has 72 valence electrons. The van der Waals surface area contributed by atoms with Crippen molar-refractivity contribution in [1.29, 1.82) is 0 Å². The Morgan fingerprint density at radius 2 is 2.25 bits per heavy atom. The van der Waals surface area contributed by atoms with Crippen molar-refractivity contribution in [2.75, 3.05) is 0 Å². The molecule has 3 nitrogen and oxygen atoms in total. The molecule has 1 amide bonds. The molecule has 1 rings (SSSR count). The molecule has 0 radical (unpaired) electrons. The number of carbonyl (C=O) groups excluding carboxylic acids is 1. The molecule has 0 fully saturated rings. The molecular weight excluding hydrogens is 204 g/mol. The van der Waals surface area contributed by atoms with Crippen LogP contribution in [-0.2, 0) is 21.9 Å². The van der Waals surface area contributed by atoms with E-state index in [2.05, 4.69) is 24.1 Å². The van der Waals surface area contributed by atoms with Gasteiger partial charge in [0.1, 0.15) is 0 Å². The van der Waals surface area contributed by atoms with Crippen molar-refractivity contribution in [2.24, 2.45) is 10.2 Å². The smallest absolute Gasteiger partial charge is 0.343 e. The average Bonchev–Trinajstić information content (AvgIpc) is 2.43. The van der Waals surface area contributed by atoms with Gasteiger partial charge in [0.25, 0.3) is 5.91 Å². The van der Waals surface area contributed by atoms with Gasteiger partial charge in [0.15, 0.2) is 0 Å². The molecule has 0 bridgehead atoms. The third kappa shape index (κ3) is 9.53. The molecule has 0 atom stereocenters. The van der Waals surface area contributed by atoms with Gasteiger partial charge < -0.3 is 6.92 Å². The van der Waals surface area contributed by atoms with Gasteiger partial charge in [-0.1, -0.05) is 19.8 Å². The normalized spacial score (nSPS) is 12.0. The third-order valence-electron chi connectivity index (χ3n) is 1.04. The van der Waals surface area contributed by atoms with Gasteiger partial charge in [-0.15, -0.1) is 5.11 Å². The van der Waals surface area contributed by atoms with Crippen LogP contribution in [0, 0.1) is 6.92 Å². The second kappa shape index (κ2) is 10.5. The number of hydrogen-bond donors (Lipinski definition) is 0. The van der Waals surface area contributed by atoms with Crippen LogP contribution < -0.4 is 0 Å². The molecule has 0 spiro atoms. The summed E-state index contributed by atoms with van der Waals surface area (Å²) in [6.45, 7) is 5.85. The van der Waals surface area contributed by atoms with Crippen LogP contribution in [0.3, 0.4) is 0 Å². The van der Waals surface area contributed by atoms with Crippen LogP contribution in [-0.4, -0.2) is 5.91 Å². The standard InChI is InChI=1S/C5H11.C3H2N2O.Cu/c1-3-5-4-2;6-3-1-2-4-5-3;/h1,3-5H2,2H3;1-2H;/q-1;;+1. The van der Waals surface area contributed by atoms with E-state index in [0.29, 0.717) is 0 Å². The minimum atomic E-state index is -0.269. The van der Waals surface area contributed by atoms with E-state index in [1.165, 1.54) is 25.1 Å². The fourth-order valence-electron chi connectivity index (χ4n) is 0.471. The van der Waals surface area contributed by atoms with Crippen LogP contribution in [0.15, 0.2) is 22.5 Å². The summed E-state index contributed by atoms with van der Waals surface area (Å²) in [5.41, 5.74) is 0. The zero-order valence-electron chi connectivity index (χ0n) is 7.09. The average molecular weight is 217 g/mol. The van der Waals surface area contributed by atoms with E-state index in [-0.39, 0.29) is 23.0 Å². The molecule has 0 saturated carbocycles. The van der Waals surface area contributed by atoms with Gasteiger partial charge in [-0.05, 0) is 0 Å². The van der Waals surface area contributed by atoms with Crippen LogP contribution in [0.2, 0.25) is 0 Å². The van der Waals surface area contributed by atoms with E-state index in [9.17, 15) is 4.79 Å². The summed E-state index contributed by atoms with van der Waals surface area (Å²) < 4.78 is 0. The summed E-state index contributed by atoms with van der Waals surface area (Å²) in [7, 11) is 0. The monoisotopic (exact) mass is 216 g/mol. The molecule has 0 unspecified atom stereocenters. The molecule has 12 heavy (non-hydrogen) atoms. The third-order valence-corrected chi connectivity index (χ3v) is 1.04. The molecule has 0 aromatic rings. The molecule has 1 heterocycles. The number of unbranched alkanes of at least 4 members (excludes halogenated alkanes) is 2. The molecule has 4 heteroatoms. The molecular formula is C8H13CuN2O. The summed E-state index contributed by atoms with van der Waals surface area (Å²) in [4.78, 5) is 9.90. The Morgan fingerprint density at radius 3 is 2.33 bits per heavy atom. The maximum Gasteiger partial charge on any atom is 1.00 e. The van der Waals surface area contributed by atoms with Crippen LogP contribution in [0.1, 0.15) is 26.2 Å². The molecule has 0 aliphatic carbocycles. The fourth-order valence-corrected chi connectivity index (χ4v) is 0.471. The predicted molar refractivity (Wildman–Crippen MR) is 43.9 cm³/mol. The molecule has 0 N–H and O–H groups in total. The summed E-state index contributed by atoms with van der Waals surface area (Å²) >= 11 is 0. The Bertz CT molecular complexity index is 150. The van der Waals surface area contributed by atoms with Gasteiger partial charge in [-0.3, -0.25) is 4.79 Å². The van der Waals surface area contributed by atoms with Crippen molar-refractivity contribution in [3.8, 4) is 0 Å². The van der Waals surface area contributed by atoms with Gasteiger partial charge in [0.05, 0.1) is 6.20 Å². The van der Waals surface area contributed by atoms with Crippen molar-refractivity contribution in [3.05, 3.63) is 19.2 Å². The first-order valence-corrected chi connectivity index (χ1v) is 3.72. The molecule has 0 aromatic heterocycles. The van der Waals surface area contributed by atoms with Gasteiger partial charge in [0, 0.05) is 6.08 Å². The van der Waals surface area contributed by atoms with Gasteiger partial charge in [0.2, 0.25) is 0 Å². The van der Waals surface area contributed by atoms with Crippen molar-refractivity contribution in [2.45, 2.75) is 26.2 Å². The van der Waals surface area contributed by atoms with E-state index >= 15 is 0 Å². The van der Waals surface area contributed by atoms with E-state index < -0.39 is 0 Å². The second-order valence-corrected chi connectivity index (χ2v) is 2.08. The van der Waals surface area contributed by atoms with Gasteiger partial charge in [-0.2, -0.15) is 11.5 Å². The Morgan fingerprint density at radius 1 is 1.58 bits per heavy atom. The second-order valence-electron chi connectivity index (χ2n) is 2.08. The quantitative estimate of drug-likeness (QED) is 0.517. The number of azo groups is 1. The first-order chi connectivity index (χ1) is 5.31. The zero-order valence-corrected chi connectivity index (χ0v) is 8.03. The number of amides is 1. The SMILES string of the molecule is O=C1C=CN=N1.[CH2-]CCCC.[Cu+]. The minimum absolute atomic E-state index is 0. The topological polar surface area (TPSA) is 41.8 Å². The Labute approximate surface area is 83.8 Å². The number of carbonyl (C=O) groups is 1. The molecule has 0 saturated heterocycles. The van der Waals surface area contributed by atoms with Crippen LogP contribution in [0.4, 0.5) is 0 Å². The minimum Gasteiger partial charge on any atom is -0.343 e. The van der Waals surface area contributed by atoms with E-state index in [4.69, 9.17) is 0 Å². The number of hydrogen-bond acceptors (Lipinski definition) is 2. The number of nitrogens with zero attached hydrogens (tertiary/aromatic N) is 2. The Balaban J connectivity index is 0. The molecule has 0 aromatic carbocycles. The molecule has 1 aliphatic rings. The van der Waals surface area contributed by atoms with Crippen LogP contribution in [0.5, 0.6) is 0 Å². The van der Waals surface area contributed by atoms with Crippen molar-refractivity contribution >= 4 is 5.91 Å². The van der Waals surface area contributed by atoms with Gasteiger partial charge >= 0.3 is 17.1 Å². The maximum absolute atomic E-state index is 9.90. The summed E-state index contributed by atoms with van der Waals surface area (Å²) in [6, 6.07) is 0. The summed E-state index contributed by atoms with van der Waals surface area (Å²) in [6.07, 6.45) is 6.32. The van der Waals surface area contributed by atoms with Crippen molar-refractivity contribution in [1.82, 2.24) is 0 Å². The van der Waals surface area contributed by atoms with Gasteiger partial charge in [-0.25, -0.2) is 0 Å². The van der Waals surface area contributed by atoms with E-state index in [1.807, 2.05) is 0 Å². The zero-order chi connectivity index (χ0) is 8.53. The summed E-state index contributed by atoms with van der Waals surface area (Å²) in [5.74, 6) is -0.269. The first kappa shape index (κ1) is 14.1. The van der Waals surface area contributed by atoms with E-state index in [1.54, 1.807) is 0 Å². The van der Waals surface area contributed by atoms with Crippen molar-refractivity contribution < 1.29 is 21.9 Å². The largest absolute Gasteiger partial charge is 1.00 e. The Kier molecular flexibility index (Phi) is 12.4. The predicted octanol–water partition coefficient (Wildman–Crippen LogP) is 2.50. The van der Waals surface area contributed by atoms with E-state index in [0.717, 1.165) is 6.42 Å². The van der Waals surface area contributed by atoms with Crippen LogP contribution in [0.25, 0.3) is 0 Å². The fraction of sp³-hybridized carbons (Fsp3) is 0.500. The first-order valence-electron chi connectivity index (χ1n) is 3.72. The maximum atomic E-state index is 9.90. The van der Waals surface area contributed by atoms with Crippen molar-refractivity contribution in [3.63, 3.8) is 0 Å². The molecule has 1 aliphatic heterocycles. The van der Waals surface area contributed by atoms with Crippen LogP contribution >= 0.6 is 0 Å². The summed E-state index contributed by atoms with van der Waals surface area (Å²) in [5, 5.41) is 6.37. The number of rotatable bonds is 2.